The molecule has 0 aromatic heterocycles. The molecule has 7 heteroatoms. The molecule has 0 aliphatic carbocycles. The third kappa shape index (κ3) is 2.70. The Kier molecular flexibility index (Phi) is 3.76. The van der Waals surface area contributed by atoms with E-state index in [2.05, 4.69) is 5.32 Å². The summed E-state index contributed by atoms with van der Waals surface area (Å²) < 4.78 is 10.6. The molecule has 2 aliphatic rings. The van der Waals surface area contributed by atoms with Crippen molar-refractivity contribution >= 4 is 17.7 Å². The molecule has 2 amide bonds. The van der Waals surface area contributed by atoms with E-state index >= 15 is 0 Å². The number of rotatable bonds is 3. The first kappa shape index (κ1) is 13.8. The molecule has 3 N–H and O–H groups in total. The lowest BCUT2D eigenvalue weighted by Crippen LogP contribution is -2.39. The van der Waals surface area contributed by atoms with Crippen LogP contribution in [0, 0.1) is 0 Å². The van der Waals surface area contributed by atoms with Gasteiger partial charge in [-0.2, -0.15) is 0 Å². The van der Waals surface area contributed by atoms with Crippen molar-refractivity contribution in [2.24, 2.45) is 5.73 Å². The standard InChI is InChI=1S/C14H17N3O4/c15-7-11-8-17(14(19)21-11)10-3-1-9(2-4-10)12-13(18)16-5-6-20-12/h1-4,11-12H,5-8,15H2,(H,16,18)/t11-,12?/m0/s1. The minimum absolute atomic E-state index is 0.141. The molecule has 21 heavy (non-hydrogen) atoms. The lowest BCUT2D eigenvalue weighted by molar-refractivity contribution is -0.138. The molecule has 2 heterocycles. The van der Waals surface area contributed by atoms with E-state index in [0.29, 0.717) is 26.2 Å². The summed E-state index contributed by atoms with van der Waals surface area (Å²) >= 11 is 0. The Morgan fingerprint density at radius 1 is 1.29 bits per heavy atom. The molecule has 1 aromatic rings. The van der Waals surface area contributed by atoms with Crippen molar-refractivity contribution in [2.45, 2.75) is 12.2 Å². The SMILES string of the molecule is NC[C@H]1CN(c2ccc(C3OCCNC3=O)cc2)C(=O)O1. The molecule has 2 aliphatic heterocycles. The van der Waals surface area contributed by atoms with Crippen molar-refractivity contribution in [3.63, 3.8) is 0 Å². The predicted molar refractivity (Wildman–Crippen MR) is 74.8 cm³/mol. The topological polar surface area (TPSA) is 93.9 Å². The fourth-order valence-electron chi connectivity index (χ4n) is 2.45. The highest BCUT2D eigenvalue weighted by Gasteiger charge is 2.31. The molecule has 1 unspecified atom stereocenters. The highest BCUT2D eigenvalue weighted by atomic mass is 16.6. The van der Waals surface area contributed by atoms with Gasteiger partial charge in [-0.1, -0.05) is 12.1 Å². The van der Waals surface area contributed by atoms with Gasteiger partial charge in [-0.05, 0) is 17.7 Å². The Balaban J connectivity index is 1.75. The fraction of sp³-hybridized carbons (Fsp3) is 0.429. The zero-order valence-corrected chi connectivity index (χ0v) is 11.5. The van der Waals surface area contributed by atoms with Crippen LogP contribution in [0.25, 0.3) is 0 Å². The Morgan fingerprint density at radius 3 is 2.67 bits per heavy atom. The number of nitrogens with one attached hydrogen (secondary N) is 1. The lowest BCUT2D eigenvalue weighted by atomic mass is 10.1. The van der Waals surface area contributed by atoms with Crippen LogP contribution >= 0.6 is 0 Å². The number of nitrogens with zero attached hydrogens (tertiary/aromatic N) is 1. The molecule has 1 aromatic carbocycles. The summed E-state index contributed by atoms with van der Waals surface area (Å²) in [6.07, 6.45) is -1.26. The zero-order valence-electron chi connectivity index (χ0n) is 11.5. The van der Waals surface area contributed by atoms with Gasteiger partial charge in [0.2, 0.25) is 0 Å². The van der Waals surface area contributed by atoms with E-state index in [1.165, 1.54) is 4.90 Å². The van der Waals surface area contributed by atoms with Crippen LogP contribution in [0.1, 0.15) is 11.7 Å². The molecular formula is C14H17N3O4. The summed E-state index contributed by atoms with van der Waals surface area (Å²) in [6.45, 7) is 1.77. The van der Waals surface area contributed by atoms with Gasteiger partial charge >= 0.3 is 6.09 Å². The third-order valence-corrected chi connectivity index (χ3v) is 3.57. The Labute approximate surface area is 122 Å². The summed E-state index contributed by atoms with van der Waals surface area (Å²) in [5.41, 5.74) is 6.99. The summed E-state index contributed by atoms with van der Waals surface area (Å²) in [4.78, 5) is 25.0. The summed E-state index contributed by atoms with van der Waals surface area (Å²) in [6, 6.07) is 7.13. The molecule has 2 saturated heterocycles. The minimum atomic E-state index is -0.588. The normalized spacial score (nSPS) is 25.7. The highest BCUT2D eigenvalue weighted by molar-refractivity contribution is 5.90. The molecule has 0 saturated carbocycles. The second-order valence-corrected chi connectivity index (χ2v) is 4.99. The molecule has 112 valence electrons. The van der Waals surface area contributed by atoms with Crippen molar-refractivity contribution in [2.75, 3.05) is 31.1 Å². The number of ether oxygens (including phenoxy) is 2. The number of benzene rings is 1. The Morgan fingerprint density at radius 2 is 2.05 bits per heavy atom. The first-order valence-corrected chi connectivity index (χ1v) is 6.86. The molecule has 2 fully saturated rings. The van der Waals surface area contributed by atoms with Gasteiger partial charge in [0.05, 0.1) is 13.2 Å². The van der Waals surface area contributed by atoms with Crippen LogP contribution in [0.4, 0.5) is 10.5 Å². The van der Waals surface area contributed by atoms with Crippen LogP contribution < -0.4 is 16.0 Å². The highest BCUT2D eigenvalue weighted by Crippen LogP contribution is 2.25. The van der Waals surface area contributed by atoms with Crippen LogP contribution in [0.2, 0.25) is 0 Å². The maximum Gasteiger partial charge on any atom is 0.414 e. The number of cyclic esters (lactones) is 1. The number of carbonyl (C=O) groups is 2. The first-order valence-electron chi connectivity index (χ1n) is 6.86. The molecule has 0 spiro atoms. The van der Waals surface area contributed by atoms with Gasteiger partial charge in [0, 0.05) is 18.8 Å². The second kappa shape index (κ2) is 5.71. The van der Waals surface area contributed by atoms with Crippen LogP contribution in [-0.4, -0.2) is 44.3 Å². The number of nitrogens with two attached hydrogens (primary N) is 1. The number of amides is 2. The van der Waals surface area contributed by atoms with Crippen molar-refractivity contribution < 1.29 is 19.1 Å². The molecule has 3 rings (SSSR count). The van der Waals surface area contributed by atoms with E-state index in [1.807, 2.05) is 0 Å². The average Bonchev–Trinajstić information content (AvgIpc) is 2.89. The average molecular weight is 291 g/mol. The van der Waals surface area contributed by atoms with E-state index < -0.39 is 12.2 Å². The van der Waals surface area contributed by atoms with Gasteiger partial charge in [0.15, 0.2) is 6.10 Å². The number of anilines is 1. The van der Waals surface area contributed by atoms with Crippen molar-refractivity contribution in [1.29, 1.82) is 0 Å². The van der Waals surface area contributed by atoms with Crippen LogP contribution in [0.5, 0.6) is 0 Å². The summed E-state index contributed by atoms with van der Waals surface area (Å²) in [7, 11) is 0. The predicted octanol–water partition coefficient (Wildman–Crippen LogP) is 0.158. The van der Waals surface area contributed by atoms with E-state index in [9.17, 15) is 9.59 Å². The van der Waals surface area contributed by atoms with Crippen LogP contribution in [0.15, 0.2) is 24.3 Å². The maximum atomic E-state index is 11.7. The van der Waals surface area contributed by atoms with Crippen LogP contribution in [0.3, 0.4) is 0 Å². The number of carbonyl (C=O) groups excluding carboxylic acids is 2. The Bertz CT molecular complexity index is 546. The molecular weight excluding hydrogens is 274 g/mol. The largest absolute Gasteiger partial charge is 0.443 e. The molecule has 7 nitrogen and oxygen atoms in total. The zero-order chi connectivity index (χ0) is 14.8. The van der Waals surface area contributed by atoms with Gasteiger partial charge in [0.25, 0.3) is 5.91 Å². The van der Waals surface area contributed by atoms with Crippen molar-refractivity contribution in [3.05, 3.63) is 29.8 Å². The van der Waals surface area contributed by atoms with Gasteiger partial charge in [-0.15, -0.1) is 0 Å². The van der Waals surface area contributed by atoms with E-state index in [0.717, 1.165) is 11.3 Å². The number of morpholine rings is 1. The number of hydrogen-bond donors (Lipinski definition) is 2. The minimum Gasteiger partial charge on any atom is -0.443 e. The number of hydrogen-bond acceptors (Lipinski definition) is 5. The molecule has 0 radical (unpaired) electrons. The molecule has 0 bridgehead atoms. The fourth-order valence-corrected chi connectivity index (χ4v) is 2.45. The molecule has 2 atom stereocenters. The monoisotopic (exact) mass is 291 g/mol. The smallest absolute Gasteiger partial charge is 0.414 e. The van der Waals surface area contributed by atoms with Crippen LogP contribution in [-0.2, 0) is 14.3 Å². The third-order valence-electron chi connectivity index (χ3n) is 3.57. The quantitative estimate of drug-likeness (QED) is 0.827. The van der Waals surface area contributed by atoms with Crippen molar-refractivity contribution in [1.82, 2.24) is 5.32 Å². The van der Waals surface area contributed by atoms with Gasteiger partial charge < -0.3 is 20.5 Å². The lowest BCUT2D eigenvalue weighted by Gasteiger charge is -2.23. The van der Waals surface area contributed by atoms with Gasteiger partial charge in [-0.3, -0.25) is 9.69 Å². The van der Waals surface area contributed by atoms with E-state index in [-0.39, 0.29) is 12.0 Å². The second-order valence-electron chi connectivity index (χ2n) is 4.99. The van der Waals surface area contributed by atoms with E-state index in [4.69, 9.17) is 15.2 Å². The van der Waals surface area contributed by atoms with Gasteiger partial charge in [-0.25, -0.2) is 4.79 Å². The Hall–Kier alpha value is -2.12. The first-order chi connectivity index (χ1) is 10.2. The maximum absolute atomic E-state index is 11.7. The van der Waals surface area contributed by atoms with E-state index in [1.54, 1.807) is 24.3 Å². The summed E-state index contributed by atoms with van der Waals surface area (Å²) in [5, 5.41) is 2.76. The van der Waals surface area contributed by atoms with Crippen molar-refractivity contribution in [3.8, 4) is 0 Å². The summed E-state index contributed by atoms with van der Waals surface area (Å²) in [5.74, 6) is -0.141. The van der Waals surface area contributed by atoms with Gasteiger partial charge in [0.1, 0.15) is 6.10 Å².